The number of furan rings is 1. The molecule has 0 radical (unpaired) electrons. The maximum absolute atomic E-state index is 13.1. The number of benzene rings is 1. The molecule has 0 saturated heterocycles. The first kappa shape index (κ1) is 22.5. The Labute approximate surface area is 198 Å². The number of carbonyl (C=O) groups is 1. The van der Waals surface area contributed by atoms with Gasteiger partial charge in [0.25, 0.3) is 0 Å². The molecule has 0 aliphatic rings. The minimum Gasteiger partial charge on any atom is -0.464 e. The summed E-state index contributed by atoms with van der Waals surface area (Å²) < 4.78 is 11.7. The van der Waals surface area contributed by atoms with Gasteiger partial charge in [-0.25, -0.2) is 21.7 Å². The Kier molecular flexibility index (Phi) is 6.83. The molecule has 0 saturated carbocycles. The van der Waals surface area contributed by atoms with Gasteiger partial charge in [0, 0.05) is 11.1 Å². The number of nitrogens with zero attached hydrogens (tertiary/aromatic N) is 2. The number of rotatable bonds is 7. The van der Waals surface area contributed by atoms with Crippen molar-refractivity contribution in [1.82, 2.24) is 15.8 Å². The minimum absolute atomic E-state index is 0.0210. The average Bonchev–Trinajstić information content (AvgIpc) is 3.57. The molecule has 0 aliphatic carbocycles. The number of nitrogens with two attached hydrogens (primary N) is 2. The van der Waals surface area contributed by atoms with Gasteiger partial charge in [0.05, 0.1) is 16.8 Å². The predicted octanol–water partition coefficient (Wildman–Crippen LogP) is 0.952. The number of ether oxygens (including phenoxy) is 1. The molecule has 4 rings (SSSR count). The highest BCUT2D eigenvalue weighted by Gasteiger charge is 2.29. The second kappa shape index (κ2) is 10.3. The third kappa shape index (κ3) is 4.88. The van der Waals surface area contributed by atoms with Gasteiger partial charge < -0.3 is 9.15 Å². The lowest BCUT2D eigenvalue weighted by Gasteiger charge is -2.18. The number of hydrogen-bond acceptors (Lipinski definition) is 8. The fourth-order valence-electron chi connectivity index (χ4n) is 3.21. The topological polar surface area (TPSA) is 166 Å². The van der Waals surface area contributed by atoms with Crippen molar-refractivity contribution in [3.63, 3.8) is 0 Å². The first-order valence-corrected chi connectivity index (χ1v) is 10.9. The molecule has 3 aromatic heterocycles. The number of thiophene rings is 1. The van der Waals surface area contributed by atoms with E-state index in [0.29, 0.717) is 22.6 Å². The van der Waals surface area contributed by atoms with E-state index in [4.69, 9.17) is 20.7 Å². The fraction of sp³-hybridized carbons (Fsp3) is 0.0435. The Morgan fingerprint density at radius 3 is 2.68 bits per heavy atom. The molecule has 34 heavy (non-hydrogen) atoms. The first-order valence-electron chi connectivity index (χ1n) is 10.00. The molecule has 170 valence electrons. The van der Waals surface area contributed by atoms with E-state index < -0.39 is 12.0 Å². The van der Waals surface area contributed by atoms with Gasteiger partial charge in [0.1, 0.15) is 17.4 Å². The Balaban J connectivity index is 1.83. The molecule has 1 unspecified atom stereocenters. The Hall–Kier alpha value is -4.66. The van der Waals surface area contributed by atoms with Crippen LogP contribution in [-0.4, -0.2) is 16.9 Å². The van der Waals surface area contributed by atoms with E-state index in [0.717, 1.165) is 4.88 Å². The molecule has 1 amide bonds. The fourth-order valence-corrected chi connectivity index (χ4v) is 3.90. The second-order valence-corrected chi connectivity index (χ2v) is 7.83. The molecular weight excluding hydrogens is 454 g/mol. The molecule has 4 aromatic rings. The van der Waals surface area contributed by atoms with E-state index in [1.54, 1.807) is 42.5 Å². The summed E-state index contributed by atoms with van der Waals surface area (Å²) in [5.41, 5.74) is 9.58. The molecule has 0 bridgehead atoms. The summed E-state index contributed by atoms with van der Waals surface area (Å²) in [4.78, 5) is 18.5. The van der Waals surface area contributed by atoms with Gasteiger partial charge in [0.2, 0.25) is 12.0 Å². The van der Waals surface area contributed by atoms with Crippen molar-refractivity contribution < 1.29 is 19.0 Å². The summed E-state index contributed by atoms with van der Waals surface area (Å²) in [5, 5.41) is 16.8. The van der Waals surface area contributed by atoms with Gasteiger partial charge in [-0.1, -0.05) is 36.4 Å². The predicted molar refractivity (Wildman–Crippen MR) is 125 cm³/mol. The van der Waals surface area contributed by atoms with Crippen LogP contribution in [0.25, 0.3) is 21.9 Å². The van der Waals surface area contributed by atoms with Crippen molar-refractivity contribution in [2.45, 2.75) is 6.10 Å². The van der Waals surface area contributed by atoms with Crippen molar-refractivity contribution in [2.75, 3.05) is 0 Å². The van der Waals surface area contributed by atoms with Crippen LogP contribution in [0.3, 0.4) is 0 Å². The SMILES string of the molecule is N#Cc1c(-c2ccco2)cc(-c2cccs2)nc1OC(C(=O)N/C(N)=[NH+]/NN)c1ccccc1. The first-order chi connectivity index (χ1) is 16.6. The number of hydrazone groups is 1. The average molecular weight is 475 g/mol. The summed E-state index contributed by atoms with van der Waals surface area (Å²) >= 11 is 1.48. The molecule has 0 fully saturated rings. The van der Waals surface area contributed by atoms with Crippen LogP contribution in [-0.2, 0) is 4.79 Å². The van der Waals surface area contributed by atoms with E-state index in [1.165, 1.54) is 17.6 Å². The van der Waals surface area contributed by atoms with Gasteiger partial charge in [-0.2, -0.15) is 10.4 Å². The van der Waals surface area contributed by atoms with E-state index in [-0.39, 0.29) is 17.4 Å². The zero-order valence-electron chi connectivity index (χ0n) is 17.7. The summed E-state index contributed by atoms with van der Waals surface area (Å²) in [6, 6.07) is 19.9. The number of nitriles is 1. The Bertz CT molecular complexity index is 1330. The van der Waals surface area contributed by atoms with Gasteiger partial charge >= 0.3 is 11.9 Å². The Morgan fingerprint density at radius 2 is 2.03 bits per heavy atom. The highest BCUT2D eigenvalue weighted by atomic mass is 32.1. The summed E-state index contributed by atoms with van der Waals surface area (Å²) in [5.74, 6) is 4.90. The largest absolute Gasteiger partial charge is 0.464 e. The van der Waals surface area contributed by atoms with Crippen LogP contribution < -0.4 is 32.3 Å². The number of nitrogens with one attached hydrogen (secondary N) is 3. The number of aromatic nitrogens is 1. The van der Waals surface area contributed by atoms with Crippen molar-refractivity contribution in [1.29, 1.82) is 5.26 Å². The number of hydrazine groups is 2. The lowest BCUT2D eigenvalue weighted by atomic mass is 10.1. The lowest BCUT2D eigenvalue weighted by Crippen LogP contribution is -2.89. The van der Waals surface area contributed by atoms with Crippen LogP contribution in [0.5, 0.6) is 5.88 Å². The molecular formula is C23H20N7O3S+. The second-order valence-electron chi connectivity index (χ2n) is 6.88. The van der Waals surface area contributed by atoms with Crippen LogP contribution in [0.4, 0.5) is 0 Å². The lowest BCUT2D eigenvalue weighted by molar-refractivity contribution is -0.531. The molecule has 0 aliphatic heterocycles. The molecule has 10 nitrogen and oxygen atoms in total. The molecule has 0 spiro atoms. The minimum atomic E-state index is -1.18. The summed E-state index contributed by atoms with van der Waals surface area (Å²) in [6.45, 7) is 0. The van der Waals surface area contributed by atoms with E-state index in [9.17, 15) is 10.1 Å². The molecule has 3 heterocycles. The Morgan fingerprint density at radius 1 is 1.21 bits per heavy atom. The maximum Gasteiger partial charge on any atom is 0.371 e. The van der Waals surface area contributed by atoms with Crippen LogP contribution in [0, 0.1) is 11.3 Å². The van der Waals surface area contributed by atoms with E-state index in [2.05, 4.69) is 27.0 Å². The van der Waals surface area contributed by atoms with E-state index in [1.807, 2.05) is 23.6 Å². The highest BCUT2D eigenvalue weighted by molar-refractivity contribution is 7.13. The van der Waals surface area contributed by atoms with Gasteiger partial charge in [0.15, 0.2) is 0 Å². The smallest absolute Gasteiger partial charge is 0.371 e. The van der Waals surface area contributed by atoms with Gasteiger partial charge in [-0.05, 0) is 29.6 Å². The molecule has 11 heteroatoms. The van der Waals surface area contributed by atoms with Crippen LogP contribution in [0.2, 0.25) is 0 Å². The number of carbonyl (C=O) groups excluding carboxylic acids is 1. The highest BCUT2D eigenvalue weighted by Crippen LogP contribution is 2.36. The van der Waals surface area contributed by atoms with Crippen LogP contribution in [0.1, 0.15) is 17.2 Å². The maximum atomic E-state index is 13.1. The summed E-state index contributed by atoms with van der Waals surface area (Å²) in [6.07, 6.45) is 0.335. The monoisotopic (exact) mass is 474 g/mol. The standard InChI is InChI=1S/C23H19N7O3S/c24-13-16-15(18-8-4-10-32-18)12-17(19-9-5-11-34-19)27-22(16)33-20(14-6-2-1-3-7-14)21(31)28-23(25)29-30-26/h1-12,20,30H,26H2,(H3,25,28,29,31)/p+1. The number of amides is 1. The van der Waals surface area contributed by atoms with Crippen LogP contribution in [0.15, 0.2) is 76.7 Å². The van der Waals surface area contributed by atoms with Crippen LogP contribution >= 0.6 is 11.3 Å². The summed E-state index contributed by atoms with van der Waals surface area (Å²) in [7, 11) is 0. The van der Waals surface area contributed by atoms with Crippen molar-refractivity contribution >= 4 is 23.2 Å². The van der Waals surface area contributed by atoms with Gasteiger partial charge in [-0.3, -0.25) is 10.5 Å². The zero-order chi connectivity index (χ0) is 23.9. The number of pyridine rings is 1. The molecule has 7 N–H and O–H groups in total. The van der Waals surface area contributed by atoms with Crippen molar-refractivity contribution in [3.05, 3.63) is 83.4 Å². The van der Waals surface area contributed by atoms with Gasteiger partial charge in [-0.15, -0.1) is 11.3 Å². The normalized spacial score (nSPS) is 11.9. The number of hydrogen-bond donors (Lipinski definition) is 5. The quantitative estimate of drug-likeness (QED) is 0.114. The third-order valence-electron chi connectivity index (χ3n) is 4.69. The van der Waals surface area contributed by atoms with E-state index >= 15 is 0 Å². The zero-order valence-corrected chi connectivity index (χ0v) is 18.5. The molecule has 1 aromatic carbocycles. The third-order valence-corrected chi connectivity index (χ3v) is 5.59. The number of guanidine groups is 1. The molecule has 1 atom stereocenters. The van der Waals surface area contributed by atoms with Crippen molar-refractivity contribution in [3.8, 4) is 33.8 Å². The van der Waals surface area contributed by atoms with Crippen molar-refractivity contribution in [2.24, 2.45) is 11.6 Å².